The van der Waals surface area contributed by atoms with Crippen LogP contribution in [0.1, 0.15) is 29.6 Å². The number of amides is 1. The van der Waals surface area contributed by atoms with E-state index in [1.807, 2.05) is 24.3 Å². The maximum atomic E-state index is 12.2. The van der Waals surface area contributed by atoms with Gasteiger partial charge in [0.2, 0.25) is 0 Å². The van der Waals surface area contributed by atoms with E-state index in [9.17, 15) is 4.79 Å². The Kier molecular flexibility index (Phi) is 5.83. The summed E-state index contributed by atoms with van der Waals surface area (Å²) in [5.41, 5.74) is 0.731. The second-order valence-corrected chi connectivity index (χ2v) is 8.28. The van der Waals surface area contributed by atoms with Crippen LogP contribution in [0.4, 0.5) is 0 Å². The van der Waals surface area contributed by atoms with Gasteiger partial charge in [0.25, 0.3) is 5.91 Å². The van der Waals surface area contributed by atoms with E-state index >= 15 is 0 Å². The van der Waals surface area contributed by atoms with Gasteiger partial charge in [0.1, 0.15) is 0 Å². The van der Waals surface area contributed by atoms with Gasteiger partial charge in [-0.2, -0.15) is 11.8 Å². The van der Waals surface area contributed by atoms with E-state index in [-0.39, 0.29) is 5.91 Å². The topological polar surface area (TPSA) is 32.3 Å². The number of likely N-dealkylation sites (tertiary alicyclic amines) is 1. The normalized spacial score (nSPS) is 23.6. The summed E-state index contributed by atoms with van der Waals surface area (Å²) in [6, 6.07) is 8.38. The van der Waals surface area contributed by atoms with E-state index in [1.54, 1.807) is 0 Å². The molecule has 0 unspecified atom stereocenters. The van der Waals surface area contributed by atoms with Gasteiger partial charge in [-0.15, -0.1) is 0 Å². The van der Waals surface area contributed by atoms with E-state index in [0.717, 1.165) is 22.6 Å². The Hall–Kier alpha value is -0.520. The molecule has 2 aliphatic heterocycles. The highest BCUT2D eigenvalue weighted by Gasteiger charge is 2.27. The number of nitrogens with zero attached hydrogens (tertiary/aromatic N) is 1. The first-order chi connectivity index (χ1) is 10.7. The van der Waals surface area contributed by atoms with Crippen molar-refractivity contribution in [2.24, 2.45) is 5.92 Å². The molecule has 2 fully saturated rings. The van der Waals surface area contributed by atoms with Crippen molar-refractivity contribution in [2.45, 2.75) is 25.3 Å². The average molecular weight is 383 g/mol. The maximum absolute atomic E-state index is 12.2. The molecule has 0 aliphatic carbocycles. The van der Waals surface area contributed by atoms with E-state index in [4.69, 9.17) is 0 Å². The molecule has 1 amide bonds. The molecule has 2 heterocycles. The van der Waals surface area contributed by atoms with Crippen LogP contribution in [-0.2, 0) is 0 Å². The van der Waals surface area contributed by atoms with Gasteiger partial charge in [0.05, 0.1) is 0 Å². The number of carbonyl (C=O) groups is 1. The van der Waals surface area contributed by atoms with E-state index in [2.05, 4.69) is 37.9 Å². The van der Waals surface area contributed by atoms with Crippen molar-refractivity contribution >= 4 is 33.6 Å². The summed E-state index contributed by atoms with van der Waals surface area (Å²) >= 11 is 5.50. The number of halogens is 1. The molecule has 0 spiro atoms. The maximum Gasteiger partial charge on any atom is 0.251 e. The molecule has 0 radical (unpaired) electrons. The van der Waals surface area contributed by atoms with Crippen LogP contribution in [0.5, 0.6) is 0 Å². The summed E-state index contributed by atoms with van der Waals surface area (Å²) in [6.07, 6.45) is 3.77. The minimum atomic E-state index is 0.0379. The third-order valence-corrected chi connectivity index (χ3v) is 6.35. The van der Waals surface area contributed by atoms with Crippen molar-refractivity contribution in [3.05, 3.63) is 34.3 Å². The Balaban J connectivity index is 1.42. The highest BCUT2D eigenvalue weighted by atomic mass is 79.9. The fourth-order valence-electron chi connectivity index (χ4n) is 3.30. The van der Waals surface area contributed by atoms with Crippen molar-refractivity contribution in [3.63, 3.8) is 0 Å². The van der Waals surface area contributed by atoms with Crippen LogP contribution in [0.15, 0.2) is 28.7 Å². The molecular weight excluding hydrogens is 360 g/mol. The zero-order valence-electron chi connectivity index (χ0n) is 12.8. The summed E-state index contributed by atoms with van der Waals surface area (Å²) in [5, 5.41) is 3.10. The number of piperidine rings is 1. The Morgan fingerprint density at radius 3 is 2.82 bits per heavy atom. The zero-order valence-corrected chi connectivity index (χ0v) is 15.2. The summed E-state index contributed by atoms with van der Waals surface area (Å²) in [7, 11) is 0. The minimum Gasteiger partial charge on any atom is -0.352 e. The largest absolute Gasteiger partial charge is 0.352 e. The van der Waals surface area contributed by atoms with Gasteiger partial charge >= 0.3 is 0 Å². The van der Waals surface area contributed by atoms with Crippen LogP contribution >= 0.6 is 27.7 Å². The molecular formula is C17H23BrN2OS. The van der Waals surface area contributed by atoms with Crippen LogP contribution in [0.2, 0.25) is 0 Å². The van der Waals surface area contributed by atoms with Crippen molar-refractivity contribution in [2.75, 3.05) is 31.1 Å². The molecule has 0 aromatic heterocycles. The van der Waals surface area contributed by atoms with Gasteiger partial charge in [-0.1, -0.05) is 22.0 Å². The van der Waals surface area contributed by atoms with E-state index in [0.29, 0.717) is 5.92 Å². The van der Waals surface area contributed by atoms with Crippen molar-refractivity contribution in [1.82, 2.24) is 10.2 Å². The molecule has 0 saturated carbocycles. The fraction of sp³-hybridized carbons (Fsp3) is 0.588. The van der Waals surface area contributed by atoms with Crippen molar-refractivity contribution < 1.29 is 4.79 Å². The predicted molar refractivity (Wildman–Crippen MR) is 96.5 cm³/mol. The van der Waals surface area contributed by atoms with E-state index < -0.39 is 0 Å². The van der Waals surface area contributed by atoms with Gasteiger partial charge < -0.3 is 5.32 Å². The lowest BCUT2D eigenvalue weighted by molar-refractivity contribution is 0.0928. The molecule has 120 valence electrons. The second-order valence-electron chi connectivity index (χ2n) is 6.22. The lowest BCUT2D eigenvalue weighted by atomic mass is 9.95. The Bertz CT molecular complexity index is 511. The number of thioether (sulfide) groups is 1. The first kappa shape index (κ1) is 16.3. The quantitative estimate of drug-likeness (QED) is 0.865. The van der Waals surface area contributed by atoms with Crippen molar-refractivity contribution in [1.29, 1.82) is 0 Å². The SMILES string of the molecule is O=C(NCC1CCN([C@H]2CCSC2)CC1)c1cccc(Br)c1. The van der Waals surface area contributed by atoms with Crippen LogP contribution in [-0.4, -0.2) is 48.0 Å². The number of hydrogen-bond acceptors (Lipinski definition) is 3. The lowest BCUT2D eigenvalue weighted by Crippen LogP contribution is -2.43. The summed E-state index contributed by atoms with van der Waals surface area (Å²) in [4.78, 5) is 14.8. The number of nitrogens with one attached hydrogen (secondary N) is 1. The molecule has 22 heavy (non-hydrogen) atoms. The molecule has 1 aromatic rings. The molecule has 5 heteroatoms. The molecule has 0 bridgehead atoms. The average Bonchev–Trinajstić information content (AvgIpc) is 3.07. The number of hydrogen-bond donors (Lipinski definition) is 1. The van der Waals surface area contributed by atoms with Crippen LogP contribution in [0, 0.1) is 5.92 Å². The number of carbonyl (C=O) groups excluding carboxylic acids is 1. The molecule has 2 aliphatic rings. The summed E-state index contributed by atoms with van der Waals surface area (Å²) in [5.74, 6) is 3.30. The van der Waals surface area contributed by atoms with Gasteiger partial charge in [-0.05, 0) is 62.2 Å². The van der Waals surface area contributed by atoms with Gasteiger partial charge in [0, 0.05) is 28.4 Å². The number of rotatable bonds is 4. The Morgan fingerprint density at radius 1 is 1.32 bits per heavy atom. The molecule has 1 aromatic carbocycles. The van der Waals surface area contributed by atoms with Crippen molar-refractivity contribution in [3.8, 4) is 0 Å². The summed E-state index contributed by atoms with van der Waals surface area (Å²) < 4.78 is 0.947. The van der Waals surface area contributed by atoms with Gasteiger partial charge in [-0.3, -0.25) is 9.69 Å². The Morgan fingerprint density at radius 2 is 2.14 bits per heavy atom. The minimum absolute atomic E-state index is 0.0379. The highest BCUT2D eigenvalue weighted by molar-refractivity contribution is 9.10. The molecule has 1 atom stereocenters. The molecule has 3 nitrogen and oxygen atoms in total. The third-order valence-electron chi connectivity index (χ3n) is 4.71. The third kappa shape index (κ3) is 4.27. The summed E-state index contributed by atoms with van der Waals surface area (Å²) in [6.45, 7) is 3.20. The van der Waals surface area contributed by atoms with Gasteiger partial charge in [-0.25, -0.2) is 0 Å². The smallest absolute Gasteiger partial charge is 0.251 e. The standard InChI is InChI=1S/C17H23BrN2OS/c18-15-3-1-2-14(10-15)17(21)19-11-13-4-7-20(8-5-13)16-6-9-22-12-16/h1-3,10,13,16H,4-9,11-12H2,(H,19,21)/t16-/m0/s1. The fourth-order valence-corrected chi connectivity index (χ4v) is 4.96. The van der Waals surface area contributed by atoms with Crippen LogP contribution in [0.25, 0.3) is 0 Å². The predicted octanol–water partition coefficient (Wildman–Crippen LogP) is 3.40. The molecule has 3 rings (SSSR count). The monoisotopic (exact) mass is 382 g/mol. The molecule has 2 saturated heterocycles. The highest BCUT2D eigenvalue weighted by Crippen LogP contribution is 2.26. The van der Waals surface area contributed by atoms with Crippen LogP contribution in [0.3, 0.4) is 0 Å². The zero-order chi connectivity index (χ0) is 15.4. The number of benzene rings is 1. The van der Waals surface area contributed by atoms with Gasteiger partial charge in [0.15, 0.2) is 0 Å². The second kappa shape index (κ2) is 7.84. The van der Waals surface area contributed by atoms with E-state index in [1.165, 1.54) is 43.9 Å². The first-order valence-corrected chi connectivity index (χ1v) is 10.0. The lowest BCUT2D eigenvalue weighted by Gasteiger charge is -2.35. The first-order valence-electron chi connectivity index (χ1n) is 8.08. The molecule has 1 N–H and O–H groups in total. The van der Waals surface area contributed by atoms with Crippen LogP contribution < -0.4 is 5.32 Å². The Labute approximate surface area is 145 Å².